The first-order valence-corrected chi connectivity index (χ1v) is 9.39. The van der Waals surface area contributed by atoms with Crippen LogP contribution in [0, 0.1) is 5.82 Å². The van der Waals surface area contributed by atoms with Gasteiger partial charge in [-0.15, -0.1) is 0 Å². The standard InChI is InChI=1S/C22H22ClFO4/c1-5-26-21(25)19-16-11-15(8-9-18(16)28-20(19)22(2,3)4)27-12-13-6-7-14(24)10-17(13)23/h6-11H,5,12H2,1-4H3. The molecule has 6 heteroatoms. The zero-order valence-corrected chi connectivity index (χ0v) is 17.0. The molecular formula is C22H22ClFO4. The Morgan fingerprint density at radius 1 is 1.18 bits per heavy atom. The van der Waals surface area contributed by atoms with Gasteiger partial charge in [-0.05, 0) is 37.3 Å². The summed E-state index contributed by atoms with van der Waals surface area (Å²) in [5.41, 5.74) is 1.29. The summed E-state index contributed by atoms with van der Waals surface area (Å²) in [7, 11) is 0. The molecule has 0 spiro atoms. The fourth-order valence-corrected chi connectivity index (χ4v) is 3.12. The number of carbonyl (C=O) groups is 1. The molecule has 1 aromatic heterocycles. The third-order valence-electron chi connectivity index (χ3n) is 4.23. The van der Waals surface area contributed by atoms with E-state index in [1.54, 1.807) is 31.2 Å². The Kier molecular flexibility index (Phi) is 5.66. The van der Waals surface area contributed by atoms with Crippen molar-refractivity contribution in [1.29, 1.82) is 0 Å². The highest BCUT2D eigenvalue weighted by Crippen LogP contribution is 2.36. The van der Waals surface area contributed by atoms with Gasteiger partial charge in [0, 0.05) is 16.4 Å². The minimum absolute atomic E-state index is 0.170. The number of rotatable bonds is 5. The van der Waals surface area contributed by atoms with Crippen LogP contribution in [0.2, 0.25) is 5.02 Å². The highest BCUT2D eigenvalue weighted by molar-refractivity contribution is 6.31. The summed E-state index contributed by atoms with van der Waals surface area (Å²) in [6.45, 7) is 8.12. The van der Waals surface area contributed by atoms with E-state index in [-0.39, 0.29) is 18.6 Å². The monoisotopic (exact) mass is 404 g/mol. The van der Waals surface area contributed by atoms with Crippen LogP contribution in [0.1, 0.15) is 49.4 Å². The maximum atomic E-state index is 13.2. The highest BCUT2D eigenvalue weighted by Gasteiger charge is 2.30. The van der Waals surface area contributed by atoms with Gasteiger partial charge in [-0.25, -0.2) is 9.18 Å². The van der Waals surface area contributed by atoms with E-state index in [4.69, 9.17) is 25.5 Å². The second-order valence-corrected chi connectivity index (χ2v) is 7.87. The molecule has 0 amide bonds. The van der Waals surface area contributed by atoms with Crippen molar-refractivity contribution < 1.29 is 23.1 Å². The van der Waals surface area contributed by atoms with Gasteiger partial charge in [0.1, 0.15) is 35.1 Å². The van der Waals surface area contributed by atoms with E-state index in [1.165, 1.54) is 12.1 Å². The lowest BCUT2D eigenvalue weighted by Crippen LogP contribution is -2.16. The summed E-state index contributed by atoms with van der Waals surface area (Å²) < 4.78 is 30.2. The molecule has 0 saturated carbocycles. The highest BCUT2D eigenvalue weighted by atomic mass is 35.5. The number of halogens is 2. The normalized spacial score (nSPS) is 11.6. The van der Waals surface area contributed by atoms with E-state index in [0.717, 1.165) is 0 Å². The molecule has 0 N–H and O–H groups in total. The van der Waals surface area contributed by atoms with Crippen molar-refractivity contribution in [3.8, 4) is 5.75 Å². The van der Waals surface area contributed by atoms with Gasteiger partial charge in [0.15, 0.2) is 0 Å². The molecule has 0 aliphatic heterocycles. The van der Waals surface area contributed by atoms with Gasteiger partial charge in [0.2, 0.25) is 0 Å². The van der Waals surface area contributed by atoms with Crippen molar-refractivity contribution in [3.63, 3.8) is 0 Å². The summed E-state index contributed by atoms with van der Waals surface area (Å²) >= 11 is 6.05. The molecular weight excluding hydrogens is 383 g/mol. The molecule has 4 nitrogen and oxygen atoms in total. The molecule has 0 saturated heterocycles. The average Bonchev–Trinajstić information content (AvgIpc) is 3.00. The molecule has 1 heterocycles. The van der Waals surface area contributed by atoms with Crippen LogP contribution >= 0.6 is 11.6 Å². The first-order chi connectivity index (χ1) is 13.2. The number of carbonyl (C=O) groups excluding carboxylic acids is 1. The Bertz CT molecular complexity index is 1020. The Labute approximate surface area is 168 Å². The summed E-state index contributed by atoms with van der Waals surface area (Å²) in [5.74, 6) is 0.284. The van der Waals surface area contributed by atoms with Crippen LogP contribution in [0.25, 0.3) is 11.0 Å². The zero-order valence-electron chi connectivity index (χ0n) is 16.3. The van der Waals surface area contributed by atoms with E-state index < -0.39 is 11.8 Å². The molecule has 0 radical (unpaired) electrons. The van der Waals surface area contributed by atoms with Crippen molar-refractivity contribution in [1.82, 2.24) is 0 Å². The average molecular weight is 405 g/mol. The quantitative estimate of drug-likeness (QED) is 0.469. The molecule has 3 rings (SSSR count). The molecule has 3 aromatic rings. The number of hydrogen-bond donors (Lipinski definition) is 0. The molecule has 0 unspecified atom stereocenters. The molecule has 28 heavy (non-hydrogen) atoms. The second-order valence-electron chi connectivity index (χ2n) is 7.46. The van der Waals surface area contributed by atoms with Crippen LogP contribution < -0.4 is 4.74 Å². The van der Waals surface area contributed by atoms with Gasteiger partial charge in [0.25, 0.3) is 0 Å². The topological polar surface area (TPSA) is 48.7 Å². The van der Waals surface area contributed by atoms with Crippen LogP contribution in [0.3, 0.4) is 0 Å². The van der Waals surface area contributed by atoms with E-state index in [9.17, 15) is 9.18 Å². The smallest absolute Gasteiger partial charge is 0.342 e. The van der Waals surface area contributed by atoms with Crippen molar-refractivity contribution in [2.24, 2.45) is 0 Å². The lowest BCUT2D eigenvalue weighted by atomic mass is 9.89. The molecule has 0 aliphatic carbocycles. The van der Waals surface area contributed by atoms with Crippen LogP contribution in [-0.2, 0) is 16.8 Å². The minimum atomic E-state index is -0.426. The van der Waals surface area contributed by atoms with E-state index in [2.05, 4.69) is 0 Å². The van der Waals surface area contributed by atoms with Crippen LogP contribution in [0.5, 0.6) is 5.75 Å². The summed E-state index contributed by atoms with van der Waals surface area (Å²) in [6.07, 6.45) is 0. The van der Waals surface area contributed by atoms with Crippen molar-refractivity contribution in [2.45, 2.75) is 39.7 Å². The summed E-state index contributed by atoms with van der Waals surface area (Å²) in [4.78, 5) is 12.6. The lowest BCUT2D eigenvalue weighted by Gasteiger charge is -2.16. The maximum absolute atomic E-state index is 13.2. The summed E-state index contributed by atoms with van der Waals surface area (Å²) in [6, 6.07) is 9.42. The first kappa shape index (κ1) is 20.2. The third-order valence-corrected chi connectivity index (χ3v) is 4.58. The number of fused-ring (bicyclic) bond motifs is 1. The largest absolute Gasteiger partial charge is 0.489 e. The van der Waals surface area contributed by atoms with Crippen LogP contribution in [0.15, 0.2) is 40.8 Å². The predicted octanol–water partition coefficient (Wildman–Crippen LogP) is 6.28. The molecule has 0 bridgehead atoms. The van der Waals surface area contributed by atoms with Gasteiger partial charge in [-0.1, -0.05) is 38.4 Å². The van der Waals surface area contributed by atoms with Gasteiger partial charge >= 0.3 is 5.97 Å². The fourth-order valence-electron chi connectivity index (χ4n) is 2.90. The SMILES string of the molecule is CCOC(=O)c1c(C(C)(C)C)oc2ccc(OCc3ccc(F)cc3Cl)cc12. The van der Waals surface area contributed by atoms with Gasteiger partial charge < -0.3 is 13.9 Å². The Hall–Kier alpha value is -2.53. The van der Waals surface area contributed by atoms with Crippen LogP contribution in [-0.4, -0.2) is 12.6 Å². The van der Waals surface area contributed by atoms with E-state index in [0.29, 0.717) is 38.6 Å². The summed E-state index contributed by atoms with van der Waals surface area (Å²) in [5, 5.41) is 0.928. The van der Waals surface area contributed by atoms with Crippen molar-refractivity contribution in [3.05, 3.63) is 64.1 Å². The van der Waals surface area contributed by atoms with Crippen LogP contribution in [0.4, 0.5) is 4.39 Å². The fraction of sp³-hybridized carbons (Fsp3) is 0.318. The Balaban J connectivity index is 1.97. The van der Waals surface area contributed by atoms with Gasteiger partial charge in [-0.3, -0.25) is 0 Å². The molecule has 148 valence electrons. The molecule has 0 aliphatic rings. The molecule has 0 atom stereocenters. The van der Waals surface area contributed by atoms with Gasteiger partial charge in [-0.2, -0.15) is 0 Å². The third kappa shape index (κ3) is 4.14. The number of esters is 1. The zero-order chi connectivity index (χ0) is 20.5. The Morgan fingerprint density at radius 2 is 1.93 bits per heavy atom. The van der Waals surface area contributed by atoms with Crippen molar-refractivity contribution in [2.75, 3.05) is 6.61 Å². The van der Waals surface area contributed by atoms with Crippen molar-refractivity contribution >= 4 is 28.5 Å². The number of hydrogen-bond acceptors (Lipinski definition) is 4. The van der Waals surface area contributed by atoms with E-state index in [1.807, 2.05) is 20.8 Å². The second kappa shape index (κ2) is 7.84. The van der Waals surface area contributed by atoms with Gasteiger partial charge in [0.05, 0.1) is 11.6 Å². The predicted molar refractivity (Wildman–Crippen MR) is 107 cm³/mol. The number of furan rings is 1. The first-order valence-electron chi connectivity index (χ1n) is 9.01. The minimum Gasteiger partial charge on any atom is -0.489 e. The van der Waals surface area contributed by atoms with E-state index >= 15 is 0 Å². The lowest BCUT2D eigenvalue weighted by molar-refractivity contribution is 0.0523. The molecule has 2 aromatic carbocycles. The molecule has 0 fully saturated rings. The number of ether oxygens (including phenoxy) is 2. The Morgan fingerprint density at radius 3 is 2.57 bits per heavy atom. The maximum Gasteiger partial charge on any atom is 0.342 e. The number of benzene rings is 2.